The van der Waals surface area contributed by atoms with Crippen LogP contribution < -0.4 is 5.32 Å². The molecule has 2 spiro atoms. The molecule has 31 heavy (non-hydrogen) atoms. The van der Waals surface area contributed by atoms with Gasteiger partial charge in [0.05, 0.1) is 13.2 Å². The lowest BCUT2D eigenvalue weighted by Crippen LogP contribution is -2.62. The Bertz CT molecular complexity index is 835. The zero-order valence-corrected chi connectivity index (χ0v) is 18.0. The molecule has 168 valence electrons. The highest BCUT2D eigenvalue weighted by molar-refractivity contribution is 5.95. The van der Waals surface area contributed by atoms with Gasteiger partial charge in [0.15, 0.2) is 17.3 Å². The van der Waals surface area contributed by atoms with Crippen molar-refractivity contribution >= 4 is 5.91 Å². The number of nitrogens with one attached hydrogen (secondary N) is 1. The number of carbonyl (C=O) groups is 1. The Labute approximate surface area is 183 Å². The smallest absolute Gasteiger partial charge is 0.251 e. The number of phenolic OH excluding ortho intramolecular Hbond substituents is 2. The van der Waals surface area contributed by atoms with Crippen molar-refractivity contribution in [1.82, 2.24) is 5.32 Å². The molecule has 5 saturated carbocycles. The number of phenols is 2. The Kier molecular flexibility index (Phi) is 4.55. The fraction of sp³-hybridized carbons (Fsp3) is 0.720. The van der Waals surface area contributed by atoms with Gasteiger partial charge in [-0.3, -0.25) is 4.79 Å². The molecule has 0 atom stereocenters. The van der Waals surface area contributed by atoms with E-state index < -0.39 is 5.79 Å². The summed E-state index contributed by atoms with van der Waals surface area (Å²) >= 11 is 0. The molecule has 0 radical (unpaired) electrons. The summed E-state index contributed by atoms with van der Waals surface area (Å²) in [5.41, 5.74) is 0.606. The molecular formula is C25H33NO5. The van der Waals surface area contributed by atoms with Gasteiger partial charge >= 0.3 is 0 Å². The van der Waals surface area contributed by atoms with E-state index in [0.29, 0.717) is 5.56 Å². The van der Waals surface area contributed by atoms with Gasteiger partial charge in [0.2, 0.25) is 0 Å². The molecule has 4 bridgehead atoms. The third-order valence-corrected chi connectivity index (χ3v) is 9.29. The van der Waals surface area contributed by atoms with Gasteiger partial charge in [0, 0.05) is 29.9 Å². The van der Waals surface area contributed by atoms with Crippen LogP contribution in [0.5, 0.6) is 11.5 Å². The average molecular weight is 428 g/mol. The molecule has 1 aromatic carbocycles. The number of rotatable bonds is 2. The molecule has 1 aromatic rings. The Morgan fingerprint density at radius 1 is 0.903 bits per heavy atom. The first-order valence-corrected chi connectivity index (χ1v) is 12.1. The van der Waals surface area contributed by atoms with Crippen LogP contribution in [0.25, 0.3) is 0 Å². The van der Waals surface area contributed by atoms with Crippen LogP contribution in [0.4, 0.5) is 0 Å². The van der Waals surface area contributed by atoms with E-state index in [9.17, 15) is 15.0 Å². The van der Waals surface area contributed by atoms with Crippen LogP contribution >= 0.6 is 0 Å². The summed E-state index contributed by atoms with van der Waals surface area (Å²) in [6, 6.07) is 4.22. The minimum Gasteiger partial charge on any atom is -0.504 e. The Hall–Kier alpha value is -1.79. The second-order valence-corrected chi connectivity index (χ2v) is 11.0. The lowest BCUT2D eigenvalue weighted by molar-refractivity contribution is -0.345. The molecule has 6 nitrogen and oxygen atoms in total. The van der Waals surface area contributed by atoms with Gasteiger partial charge in [-0.05, 0) is 86.8 Å². The fourth-order valence-electron chi connectivity index (χ4n) is 7.63. The van der Waals surface area contributed by atoms with E-state index in [1.807, 2.05) is 0 Å². The zero-order chi connectivity index (χ0) is 21.2. The van der Waals surface area contributed by atoms with Crippen molar-refractivity contribution in [3.05, 3.63) is 23.8 Å². The second kappa shape index (κ2) is 7.11. The van der Waals surface area contributed by atoms with Crippen molar-refractivity contribution in [3.63, 3.8) is 0 Å². The number of hydrogen-bond donors (Lipinski definition) is 3. The Morgan fingerprint density at radius 2 is 1.52 bits per heavy atom. The van der Waals surface area contributed by atoms with Gasteiger partial charge in [0.1, 0.15) is 0 Å². The first-order chi connectivity index (χ1) is 14.9. The monoisotopic (exact) mass is 427 g/mol. The molecule has 7 rings (SSSR count). The van der Waals surface area contributed by atoms with Crippen molar-refractivity contribution in [3.8, 4) is 11.5 Å². The lowest BCUT2D eigenvalue weighted by Gasteiger charge is -2.63. The van der Waals surface area contributed by atoms with Crippen molar-refractivity contribution in [2.75, 3.05) is 13.2 Å². The molecule has 1 amide bonds. The third-order valence-electron chi connectivity index (χ3n) is 9.29. The molecule has 5 aliphatic carbocycles. The molecule has 1 saturated heterocycles. The van der Waals surface area contributed by atoms with Gasteiger partial charge in [0.25, 0.3) is 5.91 Å². The maximum Gasteiger partial charge on any atom is 0.251 e. The maximum absolute atomic E-state index is 12.5. The highest BCUT2D eigenvalue weighted by atomic mass is 16.7. The van der Waals surface area contributed by atoms with Crippen LogP contribution in [0, 0.1) is 29.1 Å². The quantitative estimate of drug-likeness (QED) is 0.622. The van der Waals surface area contributed by atoms with Crippen LogP contribution in [0.15, 0.2) is 18.2 Å². The second-order valence-electron chi connectivity index (χ2n) is 11.0. The van der Waals surface area contributed by atoms with Crippen molar-refractivity contribution < 1.29 is 24.5 Å². The average Bonchev–Trinajstić information content (AvgIpc) is 2.76. The van der Waals surface area contributed by atoms with Crippen LogP contribution in [0.1, 0.15) is 68.1 Å². The highest BCUT2D eigenvalue weighted by Crippen LogP contribution is 2.64. The molecule has 6 aliphatic rings. The van der Waals surface area contributed by atoms with E-state index in [-0.39, 0.29) is 28.9 Å². The third kappa shape index (κ3) is 3.25. The van der Waals surface area contributed by atoms with Crippen molar-refractivity contribution in [1.29, 1.82) is 0 Å². The number of carbonyl (C=O) groups excluding carboxylic acids is 1. The van der Waals surface area contributed by atoms with Gasteiger partial charge < -0.3 is 25.0 Å². The molecule has 3 N–H and O–H groups in total. The summed E-state index contributed by atoms with van der Waals surface area (Å²) in [5.74, 6) is 2.29. The van der Waals surface area contributed by atoms with Crippen LogP contribution in [-0.4, -0.2) is 41.2 Å². The number of aromatic hydroxyl groups is 2. The molecule has 1 aliphatic heterocycles. The molecule has 1 heterocycles. The Balaban J connectivity index is 1.05. The van der Waals surface area contributed by atoms with E-state index >= 15 is 0 Å². The minimum atomic E-state index is -0.474. The van der Waals surface area contributed by atoms with E-state index in [1.165, 1.54) is 50.3 Å². The summed E-state index contributed by atoms with van der Waals surface area (Å²) < 4.78 is 13.1. The first-order valence-electron chi connectivity index (χ1n) is 12.1. The normalized spacial score (nSPS) is 43.4. The summed E-state index contributed by atoms with van der Waals surface area (Å²) in [4.78, 5) is 12.5. The topological polar surface area (TPSA) is 88.0 Å². The molecule has 6 fully saturated rings. The number of amides is 1. The van der Waals surface area contributed by atoms with Gasteiger partial charge in [-0.25, -0.2) is 0 Å². The summed E-state index contributed by atoms with van der Waals surface area (Å²) in [6.45, 7) is 1.71. The molecule has 0 unspecified atom stereocenters. The molecule has 0 aromatic heterocycles. The Morgan fingerprint density at radius 3 is 2.10 bits per heavy atom. The molecule has 6 heteroatoms. The predicted octanol–water partition coefficient (Wildman–Crippen LogP) is 3.96. The summed E-state index contributed by atoms with van der Waals surface area (Å²) in [6.07, 6.45) is 10.2. The van der Waals surface area contributed by atoms with Gasteiger partial charge in [-0.1, -0.05) is 0 Å². The summed E-state index contributed by atoms with van der Waals surface area (Å²) in [7, 11) is 0. The van der Waals surface area contributed by atoms with E-state index in [1.54, 1.807) is 0 Å². The number of benzene rings is 1. The zero-order valence-electron chi connectivity index (χ0n) is 18.0. The first kappa shape index (κ1) is 19.9. The molecular weight excluding hydrogens is 394 g/mol. The standard InChI is InChI=1S/C25H33NO5/c27-21-2-1-17(12-22(21)28)23(29)26-20-3-5-25(6-4-20)30-13-24(14-31-25)18-8-15-7-16(10-18)11-19(24)9-15/h1-2,12,15-16,18-20,27-28H,3-11,13-14H2,(H,26,29). The van der Waals surface area contributed by atoms with Gasteiger partial charge in [-0.2, -0.15) is 0 Å². The summed E-state index contributed by atoms with van der Waals surface area (Å²) in [5, 5.41) is 22.1. The largest absolute Gasteiger partial charge is 0.504 e. The van der Waals surface area contributed by atoms with Crippen LogP contribution in [-0.2, 0) is 9.47 Å². The SMILES string of the molecule is O=C(NC1CCC2(CC1)OCC1(CO2)C2CC3CC(C2)CC1C3)c1ccc(O)c(O)c1. The van der Waals surface area contributed by atoms with E-state index in [0.717, 1.165) is 62.6 Å². The van der Waals surface area contributed by atoms with Crippen molar-refractivity contribution in [2.24, 2.45) is 29.1 Å². The van der Waals surface area contributed by atoms with Crippen molar-refractivity contribution in [2.45, 2.75) is 69.6 Å². The number of ether oxygens (including phenoxy) is 2. The fourth-order valence-corrected chi connectivity index (χ4v) is 7.63. The predicted molar refractivity (Wildman–Crippen MR) is 114 cm³/mol. The minimum absolute atomic E-state index is 0.0679. The van der Waals surface area contributed by atoms with E-state index in [2.05, 4.69) is 5.32 Å². The number of hydrogen-bond acceptors (Lipinski definition) is 5. The van der Waals surface area contributed by atoms with Gasteiger partial charge in [-0.15, -0.1) is 0 Å². The maximum atomic E-state index is 12.5. The highest BCUT2D eigenvalue weighted by Gasteiger charge is 2.60. The van der Waals surface area contributed by atoms with Crippen LogP contribution in [0.3, 0.4) is 0 Å². The van der Waals surface area contributed by atoms with E-state index in [4.69, 9.17) is 9.47 Å². The van der Waals surface area contributed by atoms with Crippen LogP contribution in [0.2, 0.25) is 0 Å². The lowest BCUT2D eigenvalue weighted by atomic mass is 9.45.